The summed E-state index contributed by atoms with van der Waals surface area (Å²) in [5, 5.41) is 0. The Hall–Kier alpha value is -0.961. The van der Waals surface area contributed by atoms with Gasteiger partial charge in [0.1, 0.15) is 0 Å². The number of nitrogens with zero attached hydrogens (tertiary/aromatic N) is 1. The molecule has 0 spiro atoms. The normalized spacial score (nSPS) is 14.1. The van der Waals surface area contributed by atoms with E-state index in [0.717, 1.165) is 3.93 Å². The van der Waals surface area contributed by atoms with E-state index in [1.165, 1.54) is 5.69 Å². The Kier molecular flexibility index (Phi) is 4.79. The van der Waals surface area contributed by atoms with Gasteiger partial charge in [-0.25, -0.2) is 0 Å². The van der Waals surface area contributed by atoms with Gasteiger partial charge in [0, 0.05) is 0 Å². The van der Waals surface area contributed by atoms with Gasteiger partial charge in [-0.3, -0.25) is 0 Å². The van der Waals surface area contributed by atoms with Crippen LogP contribution in [0.3, 0.4) is 0 Å². The number of benzene rings is 2. The van der Waals surface area contributed by atoms with Crippen molar-refractivity contribution < 1.29 is 0 Å². The molecule has 2 rings (SSSR count). The molecule has 0 bridgehead atoms. The molecule has 0 heterocycles. The Morgan fingerprint density at radius 3 is 1.75 bits per heavy atom. The van der Waals surface area contributed by atoms with Gasteiger partial charge in [-0.1, -0.05) is 0 Å². The molecule has 0 aliphatic heterocycles. The fourth-order valence-electron chi connectivity index (χ4n) is 2.72. The van der Waals surface area contributed by atoms with E-state index >= 15 is 0 Å². The molecule has 0 saturated carbocycles. The molecule has 1 nitrogen and oxygen atoms in total. The van der Waals surface area contributed by atoms with Crippen molar-refractivity contribution in [1.82, 2.24) is 0 Å². The Bertz CT molecular complexity index is 545. The Morgan fingerprint density at radius 1 is 0.800 bits per heavy atom. The predicted octanol–water partition coefficient (Wildman–Crippen LogP) is 3.36. The van der Waals surface area contributed by atoms with E-state index in [-0.39, 0.29) is 0 Å². The monoisotopic (exact) mass is 375 g/mol. The molecule has 0 fully saturated rings. The fourth-order valence-corrected chi connectivity index (χ4v) is 12.5. The maximum atomic E-state index is 2.55. The summed E-state index contributed by atoms with van der Waals surface area (Å²) in [5.74, 6) is 0. The molecule has 0 aliphatic rings. The van der Waals surface area contributed by atoms with Gasteiger partial charge in [-0.15, -0.1) is 0 Å². The summed E-state index contributed by atoms with van der Waals surface area (Å²) in [7, 11) is 4.19. The first-order chi connectivity index (χ1) is 9.46. The summed E-state index contributed by atoms with van der Waals surface area (Å²) in [4.78, 5) is 4.72. The van der Waals surface area contributed by atoms with Crippen molar-refractivity contribution in [2.24, 2.45) is 0 Å². The van der Waals surface area contributed by atoms with Crippen molar-refractivity contribution >= 4 is 31.2 Å². The van der Waals surface area contributed by atoms with Crippen LogP contribution in [0.2, 0.25) is 8.87 Å². The number of hydrogen-bond acceptors (Lipinski definition) is 1. The van der Waals surface area contributed by atoms with Crippen LogP contribution < -0.4 is 12.1 Å². The van der Waals surface area contributed by atoms with Crippen LogP contribution in [0.25, 0.3) is 0 Å². The molecule has 0 aliphatic carbocycles. The van der Waals surface area contributed by atoms with Gasteiger partial charge in [0.2, 0.25) is 0 Å². The molecule has 106 valence electrons. The fraction of sp³-hybridized carbons (Fsp3) is 0.333. The van der Waals surface area contributed by atoms with Gasteiger partial charge in [0.15, 0.2) is 0 Å². The summed E-state index contributed by atoms with van der Waals surface area (Å²) < 4.78 is 3.93. The van der Waals surface area contributed by atoms with E-state index in [0.29, 0.717) is 0 Å². The average molecular weight is 374 g/mol. The van der Waals surface area contributed by atoms with E-state index < -0.39 is 18.4 Å². The molecular weight excluding hydrogens is 349 g/mol. The van der Waals surface area contributed by atoms with Gasteiger partial charge in [-0.05, 0) is 0 Å². The van der Waals surface area contributed by atoms with Gasteiger partial charge >= 0.3 is 128 Å². The van der Waals surface area contributed by atoms with Crippen LogP contribution in [0.5, 0.6) is 0 Å². The van der Waals surface area contributed by atoms with Gasteiger partial charge < -0.3 is 0 Å². The van der Waals surface area contributed by atoms with Crippen molar-refractivity contribution in [2.45, 2.75) is 22.7 Å². The van der Waals surface area contributed by atoms with Crippen LogP contribution >= 0.6 is 0 Å². The van der Waals surface area contributed by atoms with Crippen LogP contribution in [0.1, 0.15) is 13.8 Å². The van der Waals surface area contributed by atoms with E-state index in [4.69, 9.17) is 0 Å². The predicted molar refractivity (Wildman–Crippen MR) is 93.2 cm³/mol. The summed E-state index contributed by atoms with van der Waals surface area (Å²) in [6, 6.07) is 20.4. The molecule has 0 saturated heterocycles. The average Bonchev–Trinajstić information content (AvgIpc) is 2.47. The summed E-state index contributed by atoms with van der Waals surface area (Å²) in [6.45, 7) is 4.78. The van der Waals surface area contributed by atoms with E-state index in [1.54, 1.807) is 7.16 Å². The summed E-state index contributed by atoms with van der Waals surface area (Å²) in [5.41, 5.74) is 1.28. The topological polar surface area (TPSA) is 3.24 Å². The second-order valence-electron chi connectivity index (χ2n) is 6.16. The SMILES string of the molecule is C[CH](C)[Sn]([CH3])([c]1ccccc1)[c]1ccc(N(C)C)cc1. The van der Waals surface area contributed by atoms with Crippen molar-refractivity contribution in [1.29, 1.82) is 0 Å². The minimum atomic E-state index is -2.53. The summed E-state index contributed by atoms with van der Waals surface area (Å²) >= 11 is -2.53. The first kappa shape index (κ1) is 15.4. The Morgan fingerprint density at radius 2 is 1.30 bits per heavy atom. The van der Waals surface area contributed by atoms with Crippen LogP contribution in [0, 0.1) is 0 Å². The van der Waals surface area contributed by atoms with Crippen LogP contribution in [-0.2, 0) is 0 Å². The van der Waals surface area contributed by atoms with Gasteiger partial charge in [0.25, 0.3) is 0 Å². The molecule has 0 amide bonds. The standard InChI is InChI=1S/C8H10N.C6H5.C3H7.CH3.Sn/c1-9(2)8-6-4-3-5-7-8;1-2-4-6-5-3-1;1-3-2;;/h4-7H,1-2H3;1-5H;3H,1-2H3;1H3;. The van der Waals surface area contributed by atoms with Gasteiger partial charge in [-0.2, -0.15) is 0 Å². The van der Waals surface area contributed by atoms with E-state index in [1.807, 2.05) is 0 Å². The zero-order valence-corrected chi connectivity index (χ0v) is 16.1. The maximum absolute atomic E-state index is 2.55. The summed E-state index contributed by atoms with van der Waals surface area (Å²) in [6.07, 6.45) is 0. The number of rotatable bonds is 4. The second-order valence-corrected chi connectivity index (χ2v) is 19.6. The zero-order chi connectivity index (χ0) is 14.8. The van der Waals surface area contributed by atoms with Crippen LogP contribution in [-0.4, -0.2) is 32.5 Å². The first-order valence-corrected chi connectivity index (χ1v) is 14.6. The zero-order valence-electron chi connectivity index (χ0n) is 13.2. The number of hydrogen-bond donors (Lipinski definition) is 0. The Labute approximate surface area is 127 Å². The quantitative estimate of drug-likeness (QED) is 0.743. The van der Waals surface area contributed by atoms with Crippen LogP contribution in [0.15, 0.2) is 54.6 Å². The molecule has 20 heavy (non-hydrogen) atoms. The molecule has 1 atom stereocenters. The first-order valence-electron chi connectivity index (χ1n) is 7.29. The van der Waals surface area contributed by atoms with Crippen LogP contribution in [0.4, 0.5) is 5.69 Å². The second kappa shape index (κ2) is 6.21. The van der Waals surface area contributed by atoms with E-state index in [2.05, 4.69) is 92.4 Å². The number of anilines is 1. The van der Waals surface area contributed by atoms with Gasteiger partial charge in [0.05, 0.1) is 0 Å². The molecule has 0 aromatic heterocycles. The Balaban J connectivity index is 2.48. The third kappa shape index (κ3) is 2.88. The van der Waals surface area contributed by atoms with Crippen molar-refractivity contribution in [3.63, 3.8) is 0 Å². The van der Waals surface area contributed by atoms with E-state index in [9.17, 15) is 0 Å². The molecule has 1 unspecified atom stereocenters. The molecule has 2 aromatic rings. The third-order valence-electron chi connectivity index (χ3n) is 4.51. The molecule has 2 heteroatoms. The minimum absolute atomic E-state index is 0.747. The van der Waals surface area contributed by atoms with Crippen molar-refractivity contribution in [2.75, 3.05) is 19.0 Å². The molecular formula is C18H25NSn. The molecule has 2 aromatic carbocycles. The third-order valence-corrected chi connectivity index (χ3v) is 19.9. The van der Waals surface area contributed by atoms with Crippen molar-refractivity contribution in [3.05, 3.63) is 54.6 Å². The van der Waals surface area contributed by atoms with Crippen molar-refractivity contribution in [3.8, 4) is 0 Å². The molecule has 0 N–H and O–H groups in total. The molecule has 0 radical (unpaired) electrons.